The first-order valence-corrected chi connectivity index (χ1v) is 8.88. The van der Waals surface area contributed by atoms with Gasteiger partial charge >= 0.3 is 0 Å². The van der Waals surface area contributed by atoms with Crippen molar-refractivity contribution >= 4 is 10.0 Å². The van der Waals surface area contributed by atoms with Crippen LogP contribution in [0.3, 0.4) is 0 Å². The Morgan fingerprint density at radius 3 is 2.22 bits per heavy atom. The molecule has 1 aromatic heterocycles. The number of aromatic nitrogens is 2. The first-order valence-electron chi connectivity index (χ1n) is 7.44. The lowest BCUT2D eigenvalue weighted by molar-refractivity contribution is 0.588. The van der Waals surface area contributed by atoms with E-state index in [2.05, 4.69) is 18.8 Å². The minimum absolute atomic E-state index is 0.248. The number of imidazole rings is 1. The van der Waals surface area contributed by atoms with Gasteiger partial charge < -0.3 is 0 Å². The number of nitrogens with zero attached hydrogens (tertiary/aromatic N) is 2. The summed E-state index contributed by atoms with van der Waals surface area (Å²) in [5.41, 5.74) is 1.98. The van der Waals surface area contributed by atoms with Crippen molar-refractivity contribution in [3.05, 3.63) is 72.6 Å². The molecular weight excluding hydrogens is 308 g/mol. The Hall–Kier alpha value is -2.40. The third-order valence-electron chi connectivity index (χ3n) is 3.74. The highest BCUT2D eigenvalue weighted by Crippen LogP contribution is 2.24. The average molecular weight is 326 g/mol. The lowest BCUT2D eigenvalue weighted by Crippen LogP contribution is -2.13. The Kier molecular flexibility index (Phi) is 4.05. The van der Waals surface area contributed by atoms with Gasteiger partial charge in [0.25, 0.3) is 10.0 Å². The molecule has 0 amide bonds. The Labute approximate surface area is 136 Å². The molecule has 0 spiro atoms. The summed E-state index contributed by atoms with van der Waals surface area (Å²) in [5.74, 6) is 0.848. The average Bonchev–Trinajstić information content (AvgIpc) is 3.06. The fourth-order valence-electron chi connectivity index (χ4n) is 2.41. The van der Waals surface area contributed by atoms with E-state index in [4.69, 9.17) is 0 Å². The summed E-state index contributed by atoms with van der Waals surface area (Å²) in [6.07, 6.45) is 2.99. The number of hydrogen-bond acceptors (Lipinski definition) is 3. The quantitative estimate of drug-likeness (QED) is 0.730. The van der Waals surface area contributed by atoms with Crippen LogP contribution in [0.15, 0.2) is 71.9 Å². The van der Waals surface area contributed by atoms with Crippen LogP contribution in [-0.4, -0.2) is 17.4 Å². The first kappa shape index (κ1) is 15.5. The first-order chi connectivity index (χ1) is 11.0. The van der Waals surface area contributed by atoms with E-state index in [1.165, 1.54) is 21.9 Å². The molecule has 0 N–H and O–H groups in total. The second kappa shape index (κ2) is 6.01. The standard InChI is InChI=1S/C18H18N2O2S/c1-14(2)15-8-10-16(11-9-15)18-19-12-13-20(18)23(21,22)17-6-4-3-5-7-17/h3-14H,1-2H3. The fraction of sp³-hybridized carbons (Fsp3) is 0.167. The highest BCUT2D eigenvalue weighted by Gasteiger charge is 2.20. The lowest BCUT2D eigenvalue weighted by atomic mass is 10.0. The van der Waals surface area contributed by atoms with Crippen molar-refractivity contribution in [2.24, 2.45) is 0 Å². The van der Waals surface area contributed by atoms with Gasteiger partial charge in [0, 0.05) is 18.0 Å². The molecule has 0 bridgehead atoms. The van der Waals surface area contributed by atoms with Crippen molar-refractivity contribution in [2.75, 3.05) is 0 Å². The highest BCUT2D eigenvalue weighted by atomic mass is 32.2. The maximum atomic E-state index is 12.8. The third kappa shape index (κ3) is 2.92. The molecule has 0 fully saturated rings. The number of rotatable bonds is 4. The van der Waals surface area contributed by atoms with E-state index in [9.17, 15) is 8.42 Å². The van der Waals surface area contributed by atoms with E-state index in [-0.39, 0.29) is 4.90 Å². The molecule has 0 saturated carbocycles. The minimum Gasteiger partial charge on any atom is -0.236 e. The third-order valence-corrected chi connectivity index (χ3v) is 5.42. The summed E-state index contributed by atoms with van der Waals surface area (Å²) in [6, 6.07) is 16.2. The van der Waals surface area contributed by atoms with Crippen LogP contribution in [0.4, 0.5) is 0 Å². The van der Waals surface area contributed by atoms with Crippen molar-refractivity contribution in [2.45, 2.75) is 24.7 Å². The molecule has 0 aliphatic heterocycles. The predicted molar refractivity (Wildman–Crippen MR) is 90.8 cm³/mol. The van der Waals surface area contributed by atoms with Crippen LogP contribution in [0.2, 0.25) is 0 Å². The summed E-state index contributed by atoms with van der Waals surface area (Å²) < 4.78 is 26.8. The van der Waals surface area contributed by atoms with Crippen LogP contribution in [0.1, 0.15) is 25.3 Å². The molecule has 0 saturated heterocycles. The zero-order chi connectivity index (χ0) is 16.4. The molecule has 3 aromatic rings. The second-order valence-electron chi connectivity index (χ2n) is 5.64. The Bertz CT molecular complexity index is 896. The van der Waals surface area contributed by atoms with Crippen LogP contribution in [-0.2, 0) is 10.0 Å². The van der Waals surface area contributed by atoms with Gasteiger partial charge in [0.1, 0.15) is 0 Å². The largest absolute Gasteiger partial charge is 0.269 e. The molecule has 2 aromatic carbocycles. The van der Waals surface area contributed by atoms with Crippen molar-refractivity contribution in [1.29, 1.82) is 0 Å². The van der Waals surface area contributed by atoms with E-state index < -0.39 is 10.0 Å². The molecule has 0 aliphatic carbocycles. The van der Waals surface area contributed by atoms with Crippen LogP contribution < -0.4 is 0 Å². The molecular formula is C18H18N2O2S. The van der Waals surface area contributed by atoms with E-state index in [1.807, 2.05) is 24.3 Å². The van der Waals surface area contributed by atoms with Crippen LogP contribution >= 0.6 is 0 Å². The van der Waals surface area contributed by atoms with Crippen molar-refractivity contribution < 1.29 is 8.42 Å². The van der Waals surface area contributed by atoms with Crippen molar-refractivity contribution in [3.8, 4) is 11.4 Å². The molecule has 0 atom stereocenters. The van der Waals surface area contributed by atoms with Gasteiger partial charge in [-0.3, -0.25) is 0 Å². The van der Waals surface area contributed by atoms with Crippen molar-refractivity contribution in [1.82, 2.24) is 8.96 Å². The topological polar surface area (TPSA) is 52.0 Å². The molecule has 3 rings (SSSR count). The molecule has 0 unspecified atom stereocenters. The smallest absolute Gasteiger partial charge is 0.236 e. The van der Waals surface area contributed by atoms with Gasteiger partial charge in [-0.1, -0.05) is 56.3 Å². The fourth-order valence-corrected chi connectivity index (χ4v) is 3.73. The van der Waals surface area contributed by atoms with E-state index in [1.54, 1.807) is 30.3 Å². The van der Waals surface area contributed by atoms with Gasteiger partial charge in [-0.05, 0) is 23.6 Å². The monoisotopic (exact) mass is 326 g/mol. The minimum atomic E-state index is -3.65. The maximum absolute atomic E-state index is 12.8. The van der Waals surface area contributed by atoms with E-state index >= 15 is 0 Å². The van der Waals surface area contributed by atoms with Crippen LogP contribution in [0, 0.1) is 0 Å². The Morgan fingerprint density at radius 1 is 0.957 bits per heavy atom. The molecule has 23 heavy (non-hydrogen) atoms. The second-order valence-corrected chi connectivity index (χ2v) is 7.46. The Balaban J connectivity index is 2.06. The summed E-state index contributed by atoms with van der Waals surface area (Å²) in [7, 11) is -3.65. The number of benzene rings is 2. The summed E-state index contributed by atoms with van der Waals surface area (Å²) in [4.78, 5) is 4.48. The van der Waals surface area contributed by atoms with Gasteiger partial charge in [0.2, 0.25) is 0 Å². The van der Waals surface area contributed by atoms with Crippen molar-refractivity contribution in [3.63, 3.8) is 0 Å². The summed E-state index contributed by atoms with van der Waals surface area (Å²) in [5, 5.41) is 0. The van der Waals surface area contributed by atoms with E-state index in [0.29, 0.717) is 11.7 Å². The van der Waals surface area contributed by atoms with Gasteiger partial charge in [-0.2, -0.15) is 0 Å². The van der Waals surface area contributed by atoms with Crippen LogP contribution in [0.5, 0.6) is 0 Å². The van der Waals surface area contributed by atoms with Crippen LogP contribution in [0.25, 0.3) is 11.4 Å². The highest BCUT2D eigenvalue weighted by molar-refractivity contribution is 7.90. The Morgan fingerprint density at radius 2 is 1.61 bits per heavy atom. The molecule has 0 radical (unpaired) electrons. The summed E-state index contributed by atoms with van der Waals surface area (Å²) >= 11 is 0. The normalized spacial score (nSPS) is 11.8. The predicted octanol–water partition coefficient (Wildman–Crippen LogP) is 3.91. The van der Waals surface area contributed by atoms with Gasteiger partial charge in [-0.25, -0.2) is 17.4 Å². The zero-order valence-corrected chi connectivity index (χ0v) is 13.9. The summed E-state index contributed by atoms with van der Waals surface area (Å²) in [6.45, 7) is 4.24. The number of hydrogen-bond donors (Lipinski definition) is 0. The molecule has 0 aliphatic rings. The van der Waals surface area contributed by atoms with Gasteiger partial charge in [0.15, 0.2) is 5.82 Å². The molecule has 4 nitrogen and oxygen atoms in total. The zero-order valence-electron chi connectivity index (χ0n) is 13.0. The van der Waals surface area contributed by atoms with Gasteiger partial charge in [0.05, 0.1) is 4.90 Å². The van der Waals surface area contributed by atoms with Gasteiger partial charge in [-0.15, -0.1) is 0 Å². The molecule has 5 heteroatoms. The molecule has 1 heterocycles. The lowest BCUT2D eigenvalue weighted by Gasteiger charge is -2.10. The molecule has 118 valence electrons. The maximum Gasteiger partial charge on any atom is 0.269 e. The SMILES string of the molecule is CC(C)c1ccc(-c2nccn2S(=O)(=O)c2ccccc2)cc1. The van der Waals surface area contributed by atoms with E-state index in [0.717, 1.165) is 5.56 Å².